The first kappa shape index (κ1) is 20.9. The van der Waals surface area contributed by atoms with Gasteiger partial charge in [-0.2, -0.15) is 0 Å². The van der Waals surface area contributed by atoms with Crippen molar-refractivity contribution in [1.82, 2.24) is 30.2 Å². The number of nitrogens with zero attached hydrogens (tertiary/aromatic N) is 5. The Kier molecular flexibility index (Phi) is 5.27. The van der Waals surface area contributed by atoms with Gasteiger partial charge in [0, 0.05) is 31.6 Å². The number of carbonyl (C=O) groups excluding carboxylic acids is 2. The van der Waals surface area contributed by atoms with Crippen LogP contribution in [0.1, 0.15) is 36.8 Å². The van der Waals surface area contributed by atoms with Crippen molar-refractivity contribution < 1.29 is 14.3 Å². The summed E-state index contributed by atoms with van der Waals surface area (Å²) in [5.74, 6) is 1.62. The normalized spacial score (nSPS) is 22.2. The second kappa shape index (κ2) is 8.58. The second-order valence-electron chi connectivity index (χ2n) is 9.16. The summed E-state index contributed by atoms with van der Waals surface area (Å²) < 4.78 is 6.38. The maximum absolute atomic E-state index is 13.0. The molecule has 2 fully saturated rings. The Balaban J connectivity index is 1.18. The van der Waals surface area contributed by atoms with E-state index in [1.165, 1.54) is 5.56 Å². The lowest BCUT2D eigenvalue weighted by molar-refractivity contribution is -0.135. The lowest BCUT2D eigenvalue weighted by atomic mass is 9.98. The smallest absolute Gasteiger partial charge is 0.245 e. The van der Waals surface area contributed by atoms with Crippen LogP contribution in [0.3, 0.4) is 0 Å². The van der Waals surface area contributed by atoms with Gasteiger partial charge in [-0.15, -0.1) is 0 Å². The molecule has 0 bridgehead atoms. The standard InChI is InChI=1S/C24H27N7O3/c32-20-7-6-18(29-20)24(33)30-10-8-15-3-1-5-19(17(15)11-30)34-12-16-4-2-9-31(16)23-21-22(26-13-25-21)27-14-28-23/h1,3,5,13-14,16,18H,2,4,6-12H2,(H,29,32)(H,25,26,27,28)/t16-,18+/m1/s1. The van der Waals surface area contributed by atoms with Crippen LogP contribution in [-0.4, -0.2) is 68.4 Å². The van der Waals surface area contributed by atoms with Crippen LogP contribution in [0.25, 0.3) is 11.2 Å². The number of nitrogens with one attached hydrogen (secondary N) is 2. The maximum Gasteiger partial charge on any atom is 0.245 e. The number of hydrogen-bond acceptors (Lipinski definition) is 7. The summed E-state index contributed by atoms with van der Waals surface area (Å²) in [6, 6.07) is 5.90. The lowest BCUT2D eigenvalue weighted by Gasteiger charge is -2.32. The SMILES string of the molecule is O=C1CC[C@@H](C(=O)N2CCc3cccc(OC[C@H]4CCCN4c4ncnc5[nH]cnc45)c3C2)N1. The minimum Gasteiger partial charge on any atom is -0.491 e. The van der Waals surface area contributed by atoms with Crippen molar-refractivity contribution >= 4 is 28.8 Å². The van der Waals surface area contributed by atoms with Crippen molar-refractivity contribution in [3.8, 4) is 5.75 Å². The molecule has 176 valence electrons. The van der Waals surface area contributed by atoms with Gasteiger partial charge in [-0.3, -0.25) is 9.59 Å². The molecular weight excluding hydrogens is 434 g/mol. The van der Waals surface area contributed by atoms with Crippen molar-refractivity contribution in [2.75, 3.05) is 24.6 Å². The monoisotopic (exact) mass is 461 g/mol. The molecule has 6 rings (SSSR count). The van der Waals surface area contributed by atoms with Gasteiger partial charge in [-0.05, 0) is 37.3 Å². The molecule has 0 radical (unpaired) electrons. The van der Waals surface area contributed by atoms with Crippen molar-refractivity contribution in [1.29, 1.82) is 0 Å². The molecule has 5 heterocycles. The number of aromatic amines is 1. The number of aromatic nitrogens is 4. The van der Waals surface area contributed by atoms with Crippen LogP contribution >= 0.6 is 0 Å². The molecule has 2 aromatic heterocycles. The van der Waals surface area contributed by atoms with E-state index in [0.29, 0.717) is 32.5 Å². The number of benzene rings is 1. The molecular formula is C24H27N7O3. The summed E-state index contributed by atoms with van der Waals surface area (Å²) in [6.45, 7) is 2.59. The molecule has 3 aromatic rings. The Morgan fingerprint density at radius 1 is 1.15 bits per heavy atom. The molecule has 2 N–H and O–H groups in total. The average Bonchev–Trinajstić information content (AvgIpc) is 3.62. The Hall–Kier alpha value is -3.69. The molecule has 3 aliphatic rings. The van der Waals surface area contributed by atoms with Crippen LogP contribution in [0.15, 0.2) is 30.9 Å². The van der Waals surface area contributed by atoms with Gasteiger partial charge in [0.2, 0.25) is 11.8 Å². The molecule has 1 aromatic carbocycles. The van der Waals surface area contributed by atoms with Crippen molar-refractivity contribution in [2.45, 2.75) is 50.7 Å². The van der Waals surface area contributed by atoms with E-state index in [2.05, 4.69) is 36.2 Å². The third-order valence-electron chi connectivity index (χ3n) is 7.11. The summed E-state index contributed by atoms with van der Waals surface area (Å²) in [4.78, 5) is 44.9. The lowest BCUT2D eigenvalue weighted by Crippen LogP contribution is -2.46. The van der Waals surface area contributed by atoms with Gasteiger partial charge in [0.25, 0.3) is 0 Å². The zero-order valence-corrected chi connectivity index (χ0v) is 18.9. The van der Waals surface area contributed by atoms with Crippen LogP contribution in [0.4, 0.5) is 5.82 Å². The Bertz CT molecular complexity index is 1240. The predicted octanol–water partition coefficient (Wildman–Crippen LogP) is 1.56. The van der Waals surface area contributed by atoms with E-state index in [0.717, 1.165) is 54.1 Å². The topological polar surface area (TPSA) is 116 Å². The predicted molar refractivity (Wildman–Crippen MR) is 124 cm³/mol. The number of ether oxygens (including phenoxy) is 1. The van der Waals surface area contributed by atoms with Gasteiger partial charge in [0.05, 0.1) is 12.4 Å². The molecule has 10 nitrogen and oxygen atoms in total. The van der Waals surface area contributed by atoms with E-state index >= 15 is 0 Å². The number of amides is 2. The van der Waals surface area contributed by atoms with Gasteiger partial charge >= 0.3 is 0 Å². The van der Waals surface area contributed by atoms with Crippen LogP contribution < -0.4 is 15.0 Å². The Morgan fingerprint density at radius 2 is 2.09 bits per heavy atom. The fourth-order valence-electron chi connectivity index (χ4n) is 5.33. The quantitative estimate of drug-likeness (QED) is 0.592. The molecule has 10 heteroatoms. The van der Waals surface area contributed by atoms with E-state index in [-0.39, 0.29) is 17.9 Å². The van der Waals surface area contributed by atoms with Gasteiger partial charge in [-0.25, -0.2) is 15.0 Å². The molecule has 2 saturated heterocycles. The highest BCUT2D eigenvalue weighted by atomic mass is 16.5. The zero-order valence-electron chi connectivity index (χ0n) is 18.9. The van der Waals surface area contributed by atoms with Crippen molar-refractivity contribution in [3.05, 3.63) is 42.0 Å². The first-order valence-electron chi connectivity index (χ1n) is 11.9. The average molecular weight is 462 g/mol. The van der Waals surface area contributed by atoms with E-state index in [4.69, 9.17) is 4.74 Å². The maximum atomic E-state index is 13.0. The summed E-state index contributed by atoms with van der Waals surface area (Å²) in [5, 5.41) is 2.80. The van der Waals surface area contributed by atoms with Crippen LogP contribution in [-0.2, 0) is 22.6 Å². The molecule has 0 unspecified atom stereocenters. The largest absolute Gasteiger partial charge is 0.491 e. The fourth-order valence-corrected chi connectivity index (χ4v) is 5.33. The molecule has 2 amide bonds. The number of H-pyrrole nitrogens is 1. The highest BCUT2D eigenvalue weighted by molar-refractivity contribution is 5.91. The van der Waals surface area contributed by atoms with E-state index in [9.17, 15) is 9.59 Å². The summed E-state index contributed by atoms with van der Waals surface area (Å²) in [5.41, 5.74) is 3.79. The van der Waals surface area contributed by atoms with E-state index in [1.54, 1.807) is 12.7 Å². The third kappa shape index (κ3) is 3.72. The molecule has 3 aliphatic heterocycles. The number of hydrogen-bond donors (Lipinski definition) is 2. The van der Waals surface area contributed by atoms with Gasteiger partial charge in [0.15, 0.2) is 11.5 Å². The van der Waals surface area contributed by atoms with Gasteiger partial charge in [-0.1, -0.05) is 12.1 Å². The first-order chi connectivity index (χ1) is 16.7. The van der Waals surface area contributed by atoms with Crippen LogP contribution in [0.2, 0.25) is 0 Å². The zero-order chi connectivity index (χ0) is 23.1. The minimum absolute atomic E-state index is 0.0000483. The summed E-state index contributed by atoms with van der Waals surface area (Å²) >= 11 is 0. The Morgan fingerprint density at radius 3 is 2.97 bits per heavy atom. The fraction of sp³-hybridized carbons (Fsp3) is 0.458. The van der Waals surface area contributed by atoms with Gasteiger partial charge < -0.3 is 24.8 Å². The molecule has 34 heavy (non-hydrogen) atoms. The summed E-state index contributed by atoms with van der Waals surface area (Å²) in [7, 11) is 0. The highest BCUT2D eigenvalue weighted by Crippen LogP contribution is 2.32. The number of rotatable bonds is 5. The van der Waals surface area contributed by atoms with Crippen molar-refractivity contribution in [2.24, 2.45) is 0 Å². The second-order valence-corrected chi connectivity index (χ2v) is 9.16. The van der Waals surface area contributed by atoms with Crippen LogP contribution in [0.5, 0.6) is 5.75 Å². The van der Waals surface area contributed by atoms with Gasteiger partial charge in [0.1, 0.15) is 30.2 Å². The minimum atomic E-state index is -0.402. The molecule has 2 atom stereocenters. The third-order valence-corrected chi connectivity index (χ3v) is 7.11. The first-order valence-corrected chi connectivity index (χ1v) is 11.9. The van der Waals surface area contributed by atoms with Crippen molar-refractivity contribution in [3.63, 3.8) is 0 Å². The molecule has 0 saturated carbocycles. The number of imidazole rings is 1. The molecule has 0 spiro atoms. The number of anilines is 1. The Labute approximate surface area is 196 Å². The molecule has 0 aliphatic carbocycles. The number of carbonyl (C=O) groups is 2. The van der Waals surface area contributed by atoms with Crippen LogP contribution in [0, 0.1) is 0 Å². The number of fused-ring (bicyclic) bond motifs is 2. The summed E-state index contributed by atoms with van der Waals surface area (Å²) in [6.07, 6.45) is 7.06. The van der Waals surface area contributed by atoms with E-state index in [1.807, 2.05) is 17.0 Å². The highest BCUT2D eigenvalue weighted by Gasteiger charge is 2.33. The van der Waals surface area contributed by atoms with E-state index < -0.39 is 6.04 Å².